The van der Waals surface area contributed by atoms with Gasteiger partial charge in [0.05, 0.1) is 5.39 Å². The Labute approximate surface area is 155 Å². The molecule has 0 aliphatic heterocycles. The molecule has 3 aromatic heterocycles. The number of nitrogens with zero attached hydrogens (tertiary/aromatic N) is 5. The van der Waals surface area contributed by atoms with Gasteiger partial charge in [-0.15, -0.1) is 0 Å². The van der Waals surface area contributed by atoms with Crippen LogP contribution < -0.4 is 5.32 Å². The third-order valence-electron chi connectivity index (χ3n) is 4.29. The molecule has 27 heavy (non-hydrogen) atoms. The van der Waals surface area contributed by atoms with Crippen LogP contribution >= 0.6 is 0 Å². The van der Waals surface area contributed by atoms with E-state index in [0.29, 0.717) is 30.1 Å². The lowest BCUT2D eigenvalue weighted by Crippen LogP contribution is -2.13. The lowest BCUT2D eigenvalue weighted by atomic mass is 10.1. The Kier molecular flexibility index (Phi) is 4.37. The van der Waals surface area contributed by atoms with Gasteiger partial charge in [0.1, 0.15) is 17.3 Å². The van der Waals surface area contributed by atoms with Crippen molar-refractivity contribution in [1.82, 2.24) is 29.9 Å². The van der Waals surface area contributed by atoms with Crippen LogP contribution in [-0.2, 0) is 18.3 Å². The van der Waals surface area contributed by atoms with Crippen LogP contribution in [0.3, 0.4) is 0 Å². The molecule has 136 valence electrons. The summed E-state index contributed by atoms with van der Waals surface area (Å²) in [6.45, 7) is 1.83. The summed E-state index contributed by atoms with van der Waals surface area (Å²) in [5.41, 5.74) is 3.29. The lowest BCUT2D eigenvalue weighted by molar-refractivity contribution is -0.116. The van der Waals surface area contributed by atoms with Gasteiger partial charge in [-0.2, -0.15) is 10.2 Å². The van der Waals surface area contributed by atoms with Crippen molar-refractivity contribution in [2.45, 2.75) is 19.8 Å². The number of aromatic nitrogens is 6. The van der Waals surface area contributed by atoms with E-state index < -0.39 is 0 Å². The fourth-order valence-electron chi connectivity index (χ4n) is 3.01. The molecule has 0 saturated heterocycles. The van der Waals surface area contributed by atoms with Crippen LogP contribution in [0.1, 0.15) is 17.9 Å². The Morgan fingerprint density at radius 1 is 1.22 bits per heavy atom. The molecule has 0 aliphatic carbocycles. The molecular weight excluding hydrogens is 342 g/mol. The Balaban J connectivity index is 1.56. The molecule has 0 spiro atoms. The van der Waals surface area contributed by atoms with Crippen LogP contribution in [0.4, 0.5) is 5.82 Å². The highest BCUT2D eigenvalue weighted by molar-refractivity contribution is 6.05. The predicted octanol–water partition coefficient (Wildman–Crippen LogP) is 2.63. The maximum Gasteiger partial charge on any atom is 0.225 e. The number of H-pyrrole nitrogens is 1. The molecule has 8 nitrogen and oxygen atoms in total. The van der Waals surface area contributed by atoms with Crippen LogP contribution in [0.2, 0.25) is 0 Å². The molecule has 8 heteroatoms. The van der Waals surface area contributed by atoms with E-state index in [1.807, 2.05) is 50.4 Å². The summed E-state index contributed by atoms with van der Waals surface area (Å²) in [6, 6.07) is 11.7. The van der Waals surface area contributed by atoms with Crippen LogP contribution in [0, 0.1) is 6.92 Å². The topological polar surface area (TPSA) is 101 Å². The third-order valence-corrected chi connectivity index (χ3v) is 4.29. The number of hydrogen-bond donors (Lipinski definition) is 2. The monoisotopic (exact) mass is 361 g/mol. The van der Waals surface area contributed by atoms with E-state index in [1.165, 1.54) is 0 Å². The number of amides is 1. The molecule has 0 fully saturated rings. The normalized spacial score (nSPS) is 11.0. The number of nitrogens with one attached hydrogen (secondary N) is 2. The van der Waals surface area contributed by atoms with Gasteiger partial charge >= 0.3 is 0 Å². The van der Waals surface area contributed by atoms with Crippen molar-refractivity contribution < 1.29 is 4.79 Å². The zero-order valence-electron chi connectivity index (χ0n) is 15.1. The smallest absolute Gasteiger partial charge is 0.225 e. The van der Waals surface area contributed by atoms with Crippen LogP contribution in [0.15, 0.2) is 42.6 Å². The number of benzene rings is 1. The van der Waals surface area contributed by atoms with E-state index >= 15 is 0 Å². The van der Waals surface area contributed by atoms with Gasteiger partial charge in [0.2, 0.25) is 5.91 Å². The maximum absolute atomic E-state index is 12.4. The van der Waals surface area contributed by atoms with Crippen LogP contribution in [0.25, 0.3) is 22.3 Å². The second kappa shape index (κ2) is 6.99. The number of anilines is 1. The largest absolute Gasteiger partial charge is 0.310 e. The molecule has 0 bridgehead atoms. The van der Waals surface area contributed by atoms with Gasteiger partial charge in [-0.05, 0) is 19.4 Å². The lowest BCUT2D eigenvalue weighted by Gasteiger charge is -2.04. The van der Waals surface area contributed by atoms with E-state index in [0.717, 1.165) is 22.3 Å². The maximum atomic E-state index is 12.4. The highest BCUT2D eigenvalue weighted by Gasteiger charge is 2.19. The fraction of sp³-hybridized carbons (Fsp3) is 0.211. The van der Waals surface area contributed by atoms with Crippen molar-refractivity contribution in [2.75, 3.05) is 5.32 Å². The van der Waals surface area contributed by atoms with E-state index in [2.05, 4.69) is 30.6 Å². The average molecular weight is 361 g/mol. The first-order valence-electron chi connectivity index (χ1n) is 8.66. The van der Waals surface area contributed by atoms with Crippen molar-refractivity contribution in [3.63, 3.8) is 0 Å². The van der Waals surface area contributed by atoms with E-state index in [-0.39, 0.29) is 5.91 Å². The average Bonchev–Trinajstić information content (AvgIpc) is 3.23. The molecule has 1 aromatic carbocycles. The van der Waals surface area contributed by atoms with E-state index in [1.54, 1.807) is 10.9 Å². The Morgan fingerprint density at radius 3 is 2.81 bits per heavy atom. The summed E-state index contributed by atoms with van der Waals surface area (Å²) in [5.74, 6) is 1.14. The molecule has 0 radical (unpaired) electrons. The molecular formula is C19H19N7O. The molecule has 0 unspecified atom stereocenters. The number of rotatable bonds is 5. The molecule has 2 N–H and O–H groups in total. The first kappa shape index (κ1) is 16.9. The van der Waals surface area contributed by atoms with Crippen molar-refractivity contribution in [2.24, 2.45) is 7.05 Å². The van der Waals surface area contributed by atoms with Crippen molar-refractivity contribution in [3.05, 3.63) is 54.1 Å². The number of carbonyl (C=O) groups excluding carboxylic acids is 1. The summed E-state index contributed by atoms with van der Waals surface area (Å²) in [4.78, 5) is 20.8. The minimum atomic E-state index is -0.111. The fourth-order valence-corrected chi connectivity index (χ4v) is 3.01. The van der Waals surface area contributed by atoms with Crippen molar-refractivity contribution in [1.29, 1.82) is 0 Å². The molecule has 0 aliphatic rings. The van der Waals surface area contributed by atoms with Gasteiger partial charge in [-0.3, -0.25) is 9.89 Å². The molecule has 4 rings (SSSR count). The molecule has 3 heterocycles. The van der Waals surface area contributed by atoms with E-state index in [9.17, 15) is 4.79 Å². The minimum absolute atomic E-state index is 0.111. The van der Waals surface area contributed by atoms with Crippen LogP contribution in [-0.4, -0.2) is 35.9 Å². The minimum Gasteiger partial charge on any atom is -0.310 e. The number of aryl methyl sites for hydroxylation is 3. The number of aromatic amines is 1. The van der Waals surface area contributed by atoms with Gasteiger partial charge in [-0.25, -0.2) is 14.6 Å². The first-order valence-corrected chi connectivity index (χ1v) is 8.66. The number of hydrogen-bond acceptors (Lipinski definition) is 5. The third kappa shape index (κ3) is 3.41. The quantitative estimate of drug-likeness (QED) is 0.569. The number of fused-ring (bicyclic) bond motifs is 1. The van der Waals surface area contributed by atoms with Crippen molar-refractivity contribution in [3.8, 4) is 11.3 Å². The second-order valence-corrected chi connectivity index (χ2v) is 6.28. The second-order valence-electron chi connectivity index (χ2n) is 6.28. The first-order chi connectivity index (χ1) is 13.1. The molecule has 0 saturated carbocycles. The Bertz CT molecular complexity index is 1100. The van der Waals surface area contributed by atoms with Crippen molar-refractivity contribution >= 4 is 22.8 Å². The summed E-state index contributed by atoms with van der Waals surface area (Å²) in [5, 5.41) is 15.5. The summed E-state index contributed by atoms with van der Waals surface area (Å²) in [6.07, 6.45) is 2.57. The van der Waals surface area contributed by atoms with Gasteiger partial charge < -0.3 is 5.32 Å². The Morgan fingerprint density at radius 2 is 2.04 bits per heavy atom. The number of carbonyl (C=O) groups is 1. The molecule has 0 atom stereocenters. The van der Waals surface area contributed by atoms with E-state index in [4.69, 9.17) is 0 Å². The molecule has 4 aromatic rings. The predicted molar refractivity (Wildman–Crippen MR) is 102 cm³/mol. The standard InChI is InChI=1S/C19H19N7O/c1-12-20-11-10-14(21-12)8-9-15(27)22-18-16-17(13-6-4-3-5-7-13)25-26(2)19(16)24-23-18/h3-7,10-11H,8-9H2,1-2H3,(H2,22,23,24,27). The van der Waals surface area contributed by atoms with Gasteiger partial charge in [0.25, 0.3) is 0 Å². The molecule has 1 amide bonds. The highest BCUT2D eigenvalue weighted by Crippen LogP contribution is 2.31. The summed E-state index contributed by atoms with van der Waals surface area (Å²) in [7, 11) is 1.83. The van der Waals surface area contributed by atoms with Gasteiger partial charge in [0.15, 0.2) is 5.65 Å². The summed E-state index contributed by atoms with van der Waals surface area (Å²) >= 11 is 0. The zero-order chi connectivity index (χ0) is 18.8. The van der Waals surface area contributed by atoms with Gasteiger partial charge in [-0.1, -0.05) is 30.3 Å². The SMILES string of the molecule is Cc1nccc(CCC(=O)Nc2[nH]nc3c2c(-c2ccccc2)nn3C)n1. The van der Waals surface area contributed by atoms with Crippen LogP contribution in [0.5, 0.6) is 0 Å². The summed E-state index contributed by atoms with van der Waals surface area (Å²) < 4.78 is 1.70. The Hall–Kier alpha value is -3.55. The van der Waals surface area contributed by atoms with Gasteiger partial charge in [0, 0.05) is 30.9 Å². The highest BCUT2D eigenvalue weighted by atomic mass is 16.1. The zero-order valence-corrected chi connectivity index (χ0v) is 15.1.